The third-order valence-corrected chi connectivity index (χ3v) is 4.25. The molecule has 3 aromatic rings. The third kappa shape index (κ3) is 2.08. The van der Waals surface area contributed by atoms with Crippen LogP contribution < -0.4 is 0 Å². The van der Waals surface area contributed by atoms with Gasteiger partial charge in [-0.3, -0.25) is 0 Å². The fourth-order valence-electron chi connectivity index (χ4n) is 2.37. The fourth-order valence-corrected chi connectivity index (χ4v) is 3.00. The Morgan fingerprint density at radius 3 is 2.75 bits per heavy atom. The lowest BCUT2D eigenvalue weighted by molar-refractivity contribution is 0.796. The summed E-state index contributed by atoms with van der Waals surface area (Å²) < 4.78 is 3.36. The lowest BCUT2D eigenvalue weighted by Gasteiger charge is -2.07. The number of nitrogens with zero attached hydrogens (tertiary/aromatic N) is 3. The molecule has 0 unspecified atom stereocenters. The molecule has 3 nitrogen and oxygen atoms in total. The number of nitriles is 1. The first-order valence-corrected chi connectivity index (χ1v) is 7.47. The van der Waals surface area contributed by atoms with Crippen molar-refractivity contribution in [3.8, 4) is 17.5 Å². The van der Waals surface area contributed by atoms with E-state index in [2.05, 4.69) is 52.3 Å². The van der Waals surface area contributed by atoms with Crippen molar-refractivity contribution >= 4 is 33.6 Å². The molecule has 0 radical (unpaired) electrons. The van der Waals surface area contributed by atoms with Gasteiger partial charge < -0.3 is 4.57 Å². The molecular weight excluding hydrogens is 361 g/mol. The summed E-state index contributed by atoms with van der Waals surface area (Å²) in [6.45, 7) is 2.96. The molecule has 0 aliphatic carbocycles. The molecule has 1 aromatic heterocycles. The fraction of sp³-hybridized carbons (Fsp3) is 0.125. The van der Waals surface area contributed by atoms with E-state index in [4.69, 9.17) is 10.2 Å². The highest BCUT2D eigenvalue weighted by molar-refractivity contribution is 14.1. The van der Waals surface area contributed by atoms with Crippen molar-refractivity contribution in [1.82, 2.24) is 9.55 Å². The molecule has 0 aliphatic heterocycles. The maximum Gasteiger partial charge on any atom is 0.142 e. The first-order chi connectivity index (χ1) is 9.74. The van der Waals surface area contributed by atoms with Crippen LogP contribution in [-0.4, -0.2) is 9.55 Å². The van der Waals surface area contributed by atoms with E-state index in [9.17, 15) is 0 Å². The molecule has 0 atom stereocenters. The van der Waals surface area contributed by atoms with Gasteiger partial charge in [-0.15, -0.1) is 0 Å². The number of fused-ring (bicyclic) bond motifs is 1. The zero-order valence-electron chi connectivity index (χ0n) is 11.0. The highest BCUT2D eigenvalue weighted by Crippen LogP contribution is 2.28. The largest absolute Gasteiger partial charge is 0.324 e. The zero-order valence-corrected chi connectivity index (χ0v) is 13.1. The molecule has 4 heteroatoms. The van der Waals surface area contributed by atoms with E-state index in [1.54, 1.807) is 0 Å². The van der Waals surface area contributed by atoms with Crippen molar-refractivity contribution < 1.29 is 0 Å². The Morgan fingerprint density at radius 1 is 1.25 bits per heavy atom. The Morgan fingerprint density at radius 2 is 2.05 bits per heavy atom. The SMILES string of the molecule is CCn1c(-c2ccccc2I)nc2cc(C#N)ccc21. The van der Waals surface area contributed by atoms with Crippen molar-refractivity contribution in [1.29, 1.82) is 5.26 Å². The van der Waals surface area contributed by atoms with Crippen molar-refractivity contribution in [2.24, 2.45) is 0 Å². The van der Waals surface area contributed by atoms with Crippen LogP contribution in [0.2, 0.25) is 0 Å². The maximum atomic E-state index is 9.01. The summed E-state index contributed by atoms with van der Waals surface area (Å²) in [7, 11) is 0. The Hall–Kier alpha value is -1.87. The van der Waals surface area contributed by atoms with Crippen molar-refractivity contribution in [3.05, 3.63) is 51.6 Å². The van der Waals surface area contributed by atoms with Crippen LogP contribution in [0.3, 0.4) is 0 Å². The lowest BCUT2D eigenvalue weighted by Crippen LogP contribution is -1.98. The number of halogens is 1. The normalized spacial score (nSPS) is 10.7. The van der Waals surface area contributed by atoms with Gasteiger partial charge in [0.05, 0.1) is 22.7 Å². The van der Waals surface area contributed by atoms with E-state index >= 15 is 0 Å². The molecule has 0 saturated heterocycles. The Balaban J connectivity index is 2.31. The van der Waals surface area contributed by atoms with Crippen molar-refractivity contribution in [3.63, 3.8) is 0 Å². The summed E-state index contributed by atoms with van der Waals surface area (Å²) in [6, 6.07) is 16.0. The van der Waals surface area contributed by atoms with Gasteiger partial charge in [0.2, 0.25) is 0 Å². The van der Waals surface area contributed by atoms with Gasteiger partial charge in [0.15, 0.2) is 0 Å². The molecule has 0 saturated carbocycles. The van der Waals surface area contributed by atoms with Gasteiger partial charge in [-0.05, 0) is 53.8 Å². The Labute approximate surface area is 131 Å². The molecule has 0 bridgehead atoms. The van der Waals surface area contributed by atoms with Gasteiger partial charge in [-0.2, -0.15) is 5.26 Å². The van der Waals surface area contributed by atoms with E-state index in [0.717, 1.165) is 29.0 Å². The summed E-state index contributed by atoms with van der Waals surface area (Å²) in [5, 5.41) is 9.01. The summed E-state index contributed by atoms with van der Waals surface area (Å²) >= 11 is 2.33. The molecule has 0 aliphatic rings. The van der Waals surface area contributed by atoms with Crippen LogP contribution in [0.5, 0.6) is 0 Å². The van der Waals surface area contributed by atoms with Crippen molar-refractivity contribution in [2.75, 3.05) is 0 Å². The van der Waals surface area contributed by atoms with Crippen LogP contribution in [-0.2, 0) is 6.54 Å². The lowest BCUT2D eigenvalue weighted by atomic mass is 10.2. The van der Waals surface area contributed by atoms with Crippen molar-refractivity contribution in [2.45, 2.75) is 13.5 Å². The van der Waals surface area contributed by atoms with Gasteiger partial charge >= 0.3 is 0 Å². The van der Waals surface area contributed by atoms with Gasteiger partial charge in [-0.25, -0.2) is 4.98 Å². The second kappa shape index (κ2) is 5.25. The van der Waals surface area contributed by atoms with Crippen LogP contribution in [0.25, 0.3) is 22.4 Å². The van der Waals surface area contributed by atoms with Gasteiger partial charge in [0.25, 0.3) is 0 Å². The van der Waals surface area contributed by atoms with E-state index in [0.29, 0.717) is 5.56 Å². The quantitative estimate of drug-likeness (QED) is 0.632. The van der Waals surface area contributed by atoms with Crippen LogP contribution >= 0.6 is 22.6 Å². The minimum absolute atomic E-state index is 0.646. The van der Waals surface area contributed by atoms with E-state index < -0.39 is 0 Å². The number of hydrogen-bond donors (Lipinski definition) is 0. The van der Waals surface area contributed by atoms with Crippen LogP contribution in [0.4, 0.5) is 0 Å². The molecule has 3 rings (SSSR count). The number of aromatic nitrogens is 2. The summed E-state index contributed by atoms with van der Waals surface area (Å²) in [4.78, 5) is 4.73. The molecule has 0 N–H and O–H groups in total. The highest BCUT2D eigenvalue weighted by atomic mass is 127. The number of hydrogen-bond acceptors (Lipinski definition) is 2. The topological polar surface area (TPSA) is 41.6 Å². The second-order valence-electron chi connectivity index (χ2n) is 4.47. The first-order valence-electron chi connectivity index (χ1n) is 6.40. The zero-order chi connectivity index (χ0) is 14.1. The number of imidazole rings is 1. The van der Waals surface area contributed by atoms with E-state index in [-0.39, 0.29) is 0 Å². The number of benzene rings is 2. The van der Waals surface area contributed by atoms with Gasteiger partial charge in [0.1, 0.15) is 5.82 Å². The molecule has 1 heterocycles. The predicted octanol–water partition coefficient (Wildman–Crippen LogP) is 4.20. The van der Waals surface area contributed by atoms with Crippen LogP contribution in [0, 0.1) is 14.9 Å². The highest BCUT2D eigenvalue weighted by Gasteiger charge is 2.13. The van der Waals surface area contributed by atoms with Crippen LogP contribution in [0.1, 0.15) is 12.5 Å². The molecular formula is C16H12IN3. The minimum Gasteiger partial charge on any atom is -0.324 e. The number of aryl methyl sites for hydroxylation is 1. The standard InChI is InChI=1S/C16H12IN3/c1-2-20-15-8-7-11(10-18)9-14(15)19-16(20)12-5-3-4-6-13(12)17/h3-9H,2H2,1H3. The Kier molecular flexibility index (Phi) is 3.45. The van der Waals surface area contributed by atoms with E-state index in [1.807, 2.05) is 30.3 Å². The molecule has 0 fully saturated rings. The number of rotatable bonds is 2. The third-order valence-electron chi connectivity index (χ3n) is 3.31. The molecule has 20 heavy (non-hydrogen) atoms. The molecule has 2 aromatic carbocycles. The van der Waals surface area contributed by atoms with E-state index in [1.165, 1.54) is 3.57 Å². The molecule has 0 amide bonds. The summed E-state index contributed by atoms with van der Waals surface area (Å²) in [6.07, 6.45) is 0. The smallest absolute Gasteiger partial charge is 0.142 e. The minimum atomic E-state index is 0.646. The average Bonchev–Trinajstić information content (AvgIpc) is 2.84. The first kappa shape index (κ1) is 13.1. The Bertz CT molecular complexity index is 827. The molecule has 0 spiro atoms. The summed E-state index contributed by atoms with van der Waals surface area (Å²) in [5.41, 5.74) is 3.72. The molecule has 98 valence electrons. The van der Waals surface area contributed by atoms with Crippen LogP contribution in [0.15, 0.2) is 42.5 Å². The monoisotopic (exact) mass is 373 g/mol. The van der Waals surface area contributed by atoms with Gasteiger partial charge in [-0.1, -0.05) is 18.2 Å². The summed E-state index contributed by atoms with van der Waals surface area (Å²) in [5.74, 6) is 0.961. The van der Waals surface area contributed by atoms with Gasteiger partial charge in [0, 0.05) is 15.7 Å². The second-order valence-corrected chi connectivity index (χ2v) is 5.64. The maximum absolute atomic E-state index is 9.01. The average molecular weight is 373 g/mol. The predicted molar refractivity (Wildman–Crippen MR) is 88.3 cm³/mol.